The summed E-state index contributed by atoms with van der Waals surface area (Å²) in [6, 6.07) is 9.85. The number of ether oxygens (including phenoxy) is 1. The fourth-order valence-corrected chi connectivity index (χ4v) is 2.33. The lowest BCUT2D eigenvalue weighted by molar-refractivity contribution is 0.172. The normalized spacial score (nSPS) is 12.2. The van der Waals surface area contributed by atoms with E-state index in [0.29, 0.717) is 21.9 Å². The lowest BCUT2D eigenvalue weighted by atomic mass is 9.99. The van der Waals surface area contributed by atoms with Crippen LogP contribution in [0.15, 0.2) is 36.4 Å². The van der Waals surface area contributed by atoms with Crippen molar-refractivity contribution in [1.29, 1.82) is 0 Å². The first-order valence-corrected chi connectivity index (χ1v) is 6.65. The molecule has 0 bridgehead atoms. The summed E-state index contributed by atoms with van der Waals surface area (Å²) >= 11 is 5.86. The first-order chi connectivity index (χ1) is 9.51. The van der Waals surface area contributed by atoms with Gasteiger partial charge in [0.05, 0.1) is 13.2 Å². The maximum Gasteiger partial charge on any atom is 0.126 e. The third-order valence-corrected chi connectivity index (χ3v) is 3.40. The number of benzene rings is 2. The number of hydrogen-bond acceptors (Lipinski definition) is 2. The quantitative estimate of drug-likeness (QED) is 0.921. The van der Waals surface area contributed by atoms with Crippen molar-refractivity contribution in [3.05, 3.63) is 63.9 Å². The van der Waals surface area contributed by atoms with Crippen LogP contribution in [-0.2, 0) is 6.42 Å². The van der Waals surface area contributed by atoms with Gasteiger partial charge in [-0.3, -0.25) is 0 Å². The van der Waals surface area contributed by atoms with Crippen molar-refractivity contribution in [3.63, 3.8) is 0 Å². The number of methoxy groups -OCH3 is 1. The monoisotopic (exact) mass is 294 g/mol. The van der Waals surface area contributed by atoms with Gasteiger partial charge in [-0.25, -0.2) is 4.39 Å². The Balaban J connectivity index is 2.30. The van der Waals surface area contributed by atoms with E-state index in [9.17, 15) is 9.50 Å². The van der Waals surface area contributed by atoms with Crippen LogP contribution in [0.2, 0.25) is 5.02 Å². The van der Waals surface area contributed by atoms with Crippen LogP contribution < -0.4 is 4.74 Å². The van der Waals surface area contributed by atoms with Gasteiger partial charge < -0.3 is 9.84 Å². The lowest BCUT2D eigenvalue weighted by Crippen LogP contribution is -2.06. The highest BCUT2D eigenvalue weighted by Gasteiger charge is 2.16. The highest BCUT2D eigenvalue weighted by molar-refractivity contribution is 6.30. The van der Waals surface area contributed by atoms with Crippen LogP contribution >= 0.6 is 11.6 Å². The van der Waals surface area contributed by atoms with Gasteiger partial charge in [-0.05, 0) is 42.8 Å². The highest BCUT2D eigenvalue weighted by atomic mass is 35.5. The third-order valence-electron chi connectivity index (χ3n) is 3.17. The van der Waals surface area contributed by atoms with E-state index >= 15 is 0 Å². The topological polar surface area (TPSA) is 29.5 Å². The number of aliphatic hydroxyl groups excluding tert-OH is 1. The van der Waals surface area contributed by atoms with Crippen LogP contribution in [0.1, 0.15) is 22.8 Å². The van der Waals surface area contributed by atoms with Crippen molar-refractivity contribution in [2.75, 3.05) is 7.11 Å². The van der Waals surface area contributed by atoms with Crippen molar-refractivity contribution in [2.24, 2.45) is 0 Å². The standard InChI is InChI=1S/C16H16ClFO2/c1-10-3-6-16(20-2)13(7-10)15(19)9-11-8-12(17)4-5-14(11)18/h3-8,15,19H,9H2,1-2H3. The number of aryl methyl sites for hydroxylation is 1. The van der Waals surface area contributed by atoms with Crippen LogP contribution in [-0.4, -0.2) is 12.2 Å². The van der Waals surface area contributed by atoms with Crippen molar-refractivity contribution in [3.8, 4) is 5.75 Å². The van der Waals surface area contributed by atoms with Gasteiger partial charge in [0.25, 0.3) is 0 Å². The molecule has 2 rings (SSSR count). The first kappa shape index (κ1) is 14.8. The molecule has 0 aromatic heterocycles. The lowest BCUT2D eigenvalue weighted by Gasteiger charge is -2.16. The molecule has 0 saturated carbocycles. The fourth-order valence-electron chi connectivity index (χ4n) is 2.13. The zero-order chi connectivity index (χ0) is 14.7. The summed E-state index contributed by atoms with van der Waals surface area (Å²) in [5.41, 5.74) is 2.03. The summed E-state index contributed by atoms with van der Waals surface area (Å²) in [6.45, 7) is 1.93. The summed E-state index contributed by atoms with van der Waals surface area (Å²) in [5.74, 6) is 0.214. The maximum atomic E-state index is 13.7. The molecule has 0 aliphatic heterocycles. The predicted octanol–water partition coefficient (Wildman–Crippen LogP) is 4.07. The minimum atomic E-state index is -0.849. The molecule has 1 atom stereocenters. The molecule has 0 fully saturated rings. The average Bonchev–Trinajstić information content (AvgIpc) is 2.42. The second kappa shape index (κ2) is 6.25. The van der Waals surface area contributed by atoms with Gasteiger partial charge >= 0.3 is 0 Å². The fraction of sp³-hybridized carbons (Fsp3) is 0.250. The second-order valence-corrected chi connectivity index (χ2v) is 5.14. The van der Waals surface area contributed by atoms with Crippen LogP contribution in [0.4, 0.5) is 4.39 Å². The van der Waals surface area contributed by atoms with E-state index in [1.165, 1.54) is 18.2 Å². The molecule has 2 aromatic rings. The molecule has 1 unspecified atom stereocenters. The summed E-state index contributed by atoms with van der Waals surface area (Å²) in [4.78, 5) is 0. The number of aliphatic hydroxyl groups is 1. The Morgan fingerprint density at radius 2 is 2.00 bits per heavy atom. The largest absolute Gasteiger partial charge is 0.496 e. The maximum absolute atomic E-state index is 13.7. The summed E-state index contributed by atoms with van der Waals surface area (Å²) in [5, 5.41) is 10.8. The molecule has 0 aliphatic carbocycles. The van der Waals surface area contributed by atoms with Gasteiger partial charge in [-0.2, -0.15) is 0 Å². The minimum absolute atomic E-state index is 0.145. The smallest absolute Gasteiger partial charge is 0.126 e. The molecule has 4 heteroatoms. The van der Waals surface area contributed by atoms with Crippen molar-refractivity contribution < 1.29 is 14.2 Å². The molecule has 2 aromatic carbocycles. The average molecular weight is 295 g/mol. The Morgan fingerprint density at radius 3 is 2.70 bits per heavy atom. The molecular formula is C16H16ClFO2. The van der Waals surface area contributed by atoms with E-state index < -0.39 is 6.10 Å². The van der Waals surface area contributed by atoms with E-state index in [2.05, 4.69) is 0 Å². The molecule has 106 valence electrons. The number of rotatable bonds is 4. The van der Waals surface area contributed by atoms with Gasteiger partial charge in [0.15, 0.2) is 0 Å². The van der Waals surface area contributed by atoms with Gasteiger partial charge in [0.2, 0.25) is 0 Å². The summed E-state index contributed by atoms with van der Waals surface area (Å²) in [6.07, 6.45) is -0.704. The van der Waals surface area contributed by atoms with Crippen LogP contribution in [0.5, 0.6) is 5.75 Å². The van der Waals surface area contributed by atoms with Crippen molar-refractivity contribution in [2.45, 2.75) is 19.4 Å². The second-order valence-electron chi connectivity index (χ2n) is 4.70. The van der Waals surface area contributed by atoms with Gasteiger partial charge in [0, 0.05) is 17.0 Å². The van der Waals surface area contributed by atoms with Crippen molar-refractivity contribution >= 4 is 11.6 Å². The Kier molecular flexibility index (Phi) is 4.63. The predicted molar refractivity (Wildman–Crippen MR) is 77.8 cm³/mol. The number of halogens is 2. The molecule has 20 heavy (non-hydrogen) atoms. The zero-order valence-corrected chi connectivity index (χ0v) is 12.1. The van der Waals surface area contributed by atoms with E-state index in [1.54, 1.807) is 13.2 Å². The van der Waals surface area contributed by atoms with E-state index in [0.717, 1.165) is 5.56 Å². The van der Waals surface area contributed by atoms with E-state index in [1.807, 2.05) is 19.1 Å². The van der Waals surface area contributed by atoms with Crippen LogP contribution in [0, 0.1) is 12.7 Å². The Hall–Kier alpha value is -1.58. The molecule has 2 nitrogen and oxygen atoms in total. The molecule has 0 amide bonds. The SMILES string of the molecule is COc1ccc(C)cc1C(O)Cc1cc(Cl)ccc1F. The van der Waals surface area contributed by atoms with Gasteiger partial charge in [-0.1, -0.05) is 23.2 Å². The summed E-state index contributed by atoms with van der Waals surface area (Å²) < 4.78 is 18.9. The van der Waals surface area contributed by atoms with Crippen LogP contribution in [0.3, 0.4) is 0 Å². The van der Waals surface area contributed by atoms with E-state index in [4.69, 9.17) is 16.3 Å². The highest BCUT2D eigenvalue weighted by Crippen LogP contribution is 2.29. The minimum Gasteiger partial charge on any atom is -0.496 e. The Labute approximate surface area is 122 Å². The molecule has 0 heterocycles. The van der Waals surface area contributed by atoms with E-state index in [-0.39, 0.29) is 12.2 Å². The Bertz CT molecular complexity index is 613. The molecule has 0 aliphatic rings. The Morgan fingerprint density at radius 1 is 1.25 bits per heavy atom. The molecule has 1 N–H and O–H groups in total. The van der Waals surface area contributed by atoms with Gasteiger partial charge in [-0.15, -0.1) is 0 Å². The summed E-state index contributed by atoms with van der Waals surface area (Å²) in [7, 11) is 1.54. The molecular weight excluding hydrogens is 279 g/mol. The number of hydrogen-bond donors (Lipinski definition) is 1. The molecule has 0 saturated heterocycles. The zero-order valence-electron chi connectivity index (χ0n) is 11.4. The van der Waals surface area contributed by atoms with Crippen molar-refractivity contribution in [1.82, 2.24) is 0 Å². The first-order valence-electron chi connectivity index (χ1n) is 6.28. The van der Waals surface area contributed by atoms with Gasteiger partial charge in [0.1, 0.15) is 11.6 Å². The molecule has 0 radical (unpaired) electrons. The molecule has 0 spiro atoms. The third kappa shape index (κ3) is 3.30. The van der Waals surface area contributed by atoms with Crippen LogP contribution in [0.25, 0.3) is 0 Å².